The van der Waals surface area contributed by atoms with Crippen LogP contribution in [0.15, 0.2) is 24.3 Å². The van der Waals surface area contributed by atoms with E-state index in [1.54, 1.807) is 26.0 Å². The standard InChI is InChI=1S/C18H26FNO2/c1-12(2)13(3)20(15-8-9-15)17(21)18(4,5)22-16-10-6-14(19)7-11-16/h6-7,10-13,15H,8-9H2,1-5H3. The van der Waals surface area contributed by atoms with Gasteiger partial charge in [-0.3, -0.25) is 4.79 Å². The van der Waals surface area contributed by atoms with Crippen molar-refractivity contribution < 1.29 is 13.9 Å². The highest BCUT2D eigenvalue weighted by molar-refractivity contribution is 5.85. The second kappa shape index (κ2) is 6.27. The van der Waals surface area contributed by atoms with Crippen LogP contribution in [0.5, 0.6) is 5.75 Å². The quantitative estimate of drug-likeness (QED) is 0.794. The van der Waals surface area contributed by atoms with Gasteiger partial charge in [-0.2, -0.15) is 0 Å². The summed E-state index contributed by atoms with van der Waals surface area (Å²) >= 11 is 0. The molecule has 0 spiro atoms. The van der Waals surface area contributed by atoms with E-state index in [0.717, 1.165) is 12.8 Å². The minimum atomic E-state index is -0.969. The number of halogens is 1. The number of ether oxygens (including phenoxy) is 1. The third-order valence-corrected chi connectivity index (χ3v) is 4.28. The molecule has 1 aromatic carbocycles. The SMILES string of the molecule is CC(C)C(C)N(C(=O)C(C)(C)Oc1ccc(F)cc1)C1CC1. The van der Waals surface area contributed by atoms with Gasteiger partial charge in [-0.1, -0.05) is 13.8 Å². The van der Waals surface area contributed by atoms with Crippen LogP contribution in [0.4, 0.5) is 4.39 Å². The molecule has 0 aromatic heterocycles. The normalized spacial score (nSPS) is 16.5. The average molecular weight is 307 g/mol. The summed E-state index contributed by atoms with van der Waals surface area (Å²) in [4.78, 5) is 15.0. The van der Waals surface area contributed by atoms with Gasteiger partial charge < -0.3 is 9.64 Å². The molecular weight excluding hydrogens is 281 g/mol. The average Bonchev–Trinajstić information content (AvgIpc) is 3.25. The summed E-state index contributed by atoms with van der Waals surface area (Å²) in [6.45, 7) is 9.90. The minimum Gasteiger partial charge on any atom is -0.478 e. The molecule has 1 aliphatic carbocycles. The van der Waals surface area contributed by atoms with E-state index in [0.29, 0.717) is 17.7 Å². The fourth-order valence-electron chi connectivity index (χ4n) is 2.51. The summed E-state index contributed by atoms with van der Waals surface area (Å²) in [5, 5.41) is 0. The zero-order chi connectivity index (χ0) is 16.5. The number of rotatable bonds is 6. The fourth-order valence-corrected chi connectivity index (χ4v) is 2.51. The van der Waals surface area contributed by atoms with E-state index >= 15 is 0 Å². The van der Waals surface area contributed by atoms with Gasteiger partial charge in [0, 0.05) is 12.1 Å². The molecule has 4 heteroatoms. The number of carbonyl (C=O) groups excluding carboxylic acids is 1. The van der Waals surface area contributed by atoms with Gasteiger partial charge >= 0.3 is 0 Å². The Hall–Kier alpha value is -1.58. The van der Waals surface area contributed by atoms with Crippen molar-refractivity contribution in [2.45, 2.75) is 65.1 Å². The van der Waals surface area contributed by atoms with Crippen molar-refractivity contribution in [3.8, 4) is 5.75 Å². The van der Waals surface area contributed by atoms with Crippen LogP contribution in [0.3, 0.4) is 0 Å². The van der Waals surface area contributed by atoms with Crippen LogP contribution >= 0.6 is 0 Å². The van der Waals surface area contributed by atoms with Crippen LogP contribution < -0.4 is 4.74 Å². The lowest BCUT2D eigenvalue weighted by molar-refractivity contribution is -0.149. The molecular formula is C18H26FNO2. The number of nitrogens with zero attached hydrogens (tertiary/aromatic N) is 1. The molecule has 0 radical (unpaired) electrons. The van der Waals surface area contributed by atoms with E-state index in [9.17, 15) is 9.18 Å². The lowest BCUT2D eigenvalue weighted by atomic mass is 10.00. The van der Waals surface area contributed by atoms with Gasteiger partial charge in [0.25, 0.3) is 5.91 Å². The summed E-state index contributed by atoms with van der Waals surface area (Å²) in [5.74, 6) is 0.587. The van der Waals surface area contributed by atoms with Crippen LogP contribution in [0, 0.1) is 11.7 Å². The predicted octanol–water partition coefficient (Wildman–Crippen LogP) is 4.02. The van der Waals surface area contributed by atoms with E-state index in [2.05, 4.69) is 20.8 Å². The van der Waals surface area contributed by atoms with Crippen molar-refractivity contribution in [1.29, 1.82) is 0 Å². The molecule has 1 aliphatic rings. The number of hydrogen-bond donors (Lipinski definition) is 0. The first-order valence-electron chi connectivity index (χ1n) is 7.99. The van der Waals surface area contributed by atoms with Crippen molar-refractivity contribution in [2.24, 2.45) is 5.92 Å². The monoisotopic (exact) mass is 307 g/mol. The van der Waals surface area contributed by atoms with Crippen molar-refractivity contribution in [3.63, 3.8) is 0 Å². The van der Waals surface area contributed by atoms with Crippen molar-refractivity contribution >= 4 is 5.91 Å². The van der Waals surface area contributed by atoms with E-state index in [1.165, 1.54) is 12.1 Å². The third-order valence-electron chi connectivity index (χ3n) is 4.28. The second-order valence-corrected chi connectivity index (χ2v) is 6.99. The first kappa shape index (κ1) is 16.8. The lowest BCUT2D eigenvalue weighted by Crippen LogP contribution is -2.54. The third kappa shape index (κ3) is 3.79. The summed E-state index contributed by atoms with van der Waals surface area (Å²) < 4.78 is 18.8. The summed E-state index contributed by atoms with van der Waals surface area (Å²) in [7, 11) is 0. The Morgan fingerprint density at radius 1 is 1.23 bits per heavy atom. The molecule has 0 bridgehead atoms. The molecule has 1 saturated carbocycles. The molecule has 3 nitrogen and oxygen atoms in total. The smallest absolute Gasteiger partial charge is 0.266 e. The van der Waals surface area contributed by atoms with E-state index in [1.807, 2.05) is 4.90 Å². The molecule has 1 atom stereocenters. The fraction of sp³-hybridized carbons (Fsp3) is 0.611. The van der Waals surface area contributed by atoms with Crippen LogP contribution in [0.1, 0.15) is 47.5 Å². The first-order valence-corrected chi connectivity index (χ1v) is 7.99. The Morgan fingerprint density at radius 2 is 1.77 bits per heavy atom. The Labute approximate surface area is 132 Å². The van der Waals surface area contributed by atoms with E-state index in [4.69, 9.17) is 4.74 Å². The van der Waals surface area contributed by atoms with Gasteiger partial charge in [0.05, 0.1) is 0 Å². The maximum Gasteiger partial charge on any atom is 0.266 e. The van der Waals surface area contributed by atoms with Crippen LogP contribution in [0.25, 0.3) is 0 Å². The predicted molar refractivity (Wildman–Crippen MR) is 85.3 cm³/mol. The Morgan fingerprint density at radius 3 is 2.23 bits per heavy atom. The molecule has 22 heavy (non-hydrogen) atoms. The van der Waals surface area contributed by atoms with Gasteiger partial charge in [-0.15, -0.1) is 0 Å². The molecule has 2 rings (SSSR count). The highest BCUT2D eigenvalue weighted by atomic mass is 19.1. The molecule has 0 aliphatic heterocycles. The minimum absolute atomic E-state index is 0.000486. The second-order valence-electron chi connectivity index (χ2n) is 6.99. The number of carbonyl (C=O) groups is 1. The number of benzene rings is 1. The van der Waals surface area contributed by atoms with Crippen molar-refractivity contribution in [2.75, 3.05) is 0 Å². The molecule has 0 saturated heterocycles. The highest BCUT2D eigenvalue weighted by Crippen LogP contribution is 2.33. The van der Waals surface area contributed by atoms with Gasteiger partial charge in [-0.25, -0.2) is 4.39 Å². The van der Waals surface area contributed by atoms with Gasteiger partial charge in [-0.05, 0) is 63.8 Å². The zero-order valence-electron chi connectivity index (χ0n) is 14.1. The summed E-state index contributed by atoms with van der Waals surface area (Å²) in [5.41, 5.74) is -0.969. The van der Waals surface area contributed by atoms with Crippen molar-refractivity contribution in [3.05, 3.63) is 30.1 Å². The molecule has 1 aromatic rings. The lowest BCUT2D eigenvalue weighted by Gasteiger charge is -2.38. The Balaban J connectivity index is 2.15. The largest absolute Gasteiger partial charge is 0.478 e. The molecule has 0 heterocycles. The van der Waals surface area contributed by atoms with Crippen LogP contribution in [0.2, 0.25) is 0 Å². The molecule has 0 N–H and O–H groups in total. The topological polar surface area (TPSA) is 29.5 Å². The van der Waals surface area contributed by atoms with Gasteiger partial charge in [0.15, 0.2) is 5.60 Å². The Bertz CT molecular complexity index is 520. The van der Waals surface area contributed by atoms with Crippen molar-refractivity contribution in [1.82, 2.24) is 4.90 Å². The van der Waals surface area contributed by atoms with Gasteiger partial charge in [0.2, 0.25) is 0 Å². The summed E-state index contributed by atoms with van der Waals surface area (Å²) in [6, 6.07) is 6.29. The summed E-state index contributed by atoms with van der Waals surface area (Å²) in [6.07, 6.45) is 2.13. The molecule has 1 amide bonds. The molecule has 1 unspecified atom stereocenters. The highest BCUT2D eigenvalue weighted by Gasteiger charge is 2.43. The zero-order valence-corrected chi connectivity index (χ0v) is 14.1. The maximum absolute atomic E-state index is 13.0. The van der Waals surface area contributed by atoms with E-state index < -0.39 is 5.60 Å². The van der Waals surface area contributed by atoms with Gasteiger partial charge in [0.1, 0.15) is 11.6 Å². The molecule has 1 fully saturated rings. The van der Waals surface area contributed by atoms with E-state index in [-0.39, 0.29) is 17.8 Å². The molecule has 122 valence electrons. The number of hydrogen-bond acceptors (Lipinski definition) is 2. The first-order chi connectivity index (χ1) is 10.2. The maximum atomic E-state index is 13.0. The van der Waals surface area contributed by atoms with Crippen LogP contribution in [-0.2, 0) is 4.79 Å². The number of amides is 1. The van der Waals surface area contributed by atoms with Crippen LogP contribution in [-0.4, -0.2) is 28.5 Å². The Kier molecular flexibility index (Phi) is 4.78.